The molecule has 0 unspecified atom stereocenters. The summed E-state index contributed by atoms with van der Waals surface area (Å²) in [5.74, 6) is 0.346. The van der Waals surface area contributed by atoms with Gasteiger partial charge in [-0.2, -0.15) is 13.5 Å². The molecule has 4 aromatic rings. The fraction of sp³-hybridized carbons (Fsp3) is 0.357. The number of aromatic nitrogens is 3. The molecule has 2 heterocycles. The van der Waals surface area contributed by atoms with E-state index in [9.17, 15) is 23.3 Å². The second-order valence-electron chi connectivity index (χ2n) is 10.2. The maximum atomic E-state index is 13.5. The number of nitrogens with one attached hydrogen (secondary N) is 1. The van der Waals surface area contributed by atoms with Crippen LogP contribution in [0.2, 0.25) is 0 Å². The average Bonchev–Trinajstić information content (AvgIpc) is 3.40. The molecule has 11 nitrogen and oxygen atoms in total. The van der Waals surface area contributed by atoms with E-state index in [1.54, 1.807) is 31.3 Å². The number of pyridine rings is 1. The second-order valence-corrected chi connectivity index (χ2v) is 12.0. The van der Waals surface area contributed by atoms with Gasteiger partial charge in [0.1, 0.15) is 5.69 Å². The SMILES string of the molecule is CNc1ccc(-c2cn(C)c(=O)c3c2cnn3S(=O)(=O)c2ccc(C)cc2)c(OCC2CCCCC2)c1[N+](=O)[O-]. The van der Waals surface area contributed by atoms with Crippen molar-refractivity contribution in [2.24, 2.45) is 13.0 Å². The highest BCUT2D eigenvalue weighted by Gasteiger charge is 2.30. The molecule has 1 fully saturated rings. The van der Waals surface area contributed by atoms with Gasteiger partial charge in [0.25, 0.3) is 15.6 Å². The Bertz CT molecular complexity index is 1750. The Morgan fingerprint density at radius 3 is 2.45 bits per heavy atom. The number of anilines is 1. The van der Waals surface area contributed by atoms with E-state index in [1.807, 2.05) is 6.92 Å². The first-order valence-corrected chi connectivity index (χ1v) is 14.6. The Morgan fingerprint density at radius 2 is 1.80 bits per heavy atom. The first-order chi connectivity index (χ1) is 19.1. The van der Waals surface area contributed by atoms with Gasteiger partial charge >= 0.3 is 5.69 Å². The van der Waals surface area contributed by atoms with Gasteiger partial charge in [0, 0.05) is 36.8 Å². The predicted molar refractivity (Wildman–Crippen MR) is 152 cm³/mol. The lowest BCUT2D eigenvalue weighted by Gasteiger charge is -2.23. The minimum atomic E-state index is -4.20. The number of nitro benzene ring substituents is 1. The number of hydrogen-bond acceptors (Lipinski definition) is 8. The molecule has 12 heteroatoms. The average molecular weight is 566 g/mol. The molecule has 0 atom stereocenters. The van der Waals surface area contributed by atoms with Crippen LogP contribution in [-0.4, -0.2) is 40.7 Å². The highest BCUT2D eigenvalue weighted by Crippen LogP contribution is 2.45. The molecule has 0 spiro atoms. The van der Waals surface area contributed by atoms with Crippen LogP contribution in [0.4, 0.5) is 11.4 Å². The van der Waals surface area contributed by atoms with Gasteiger partial charge in [-0.25, -0.2) is 0 Å². The molecule has 210 valence electrons. The third-order valence-corrected chi connectivity index (χ3v) is 9.08. The number of benzene rings is 2. The predicted octanol–water partition coefficient (Wildman–Crippen LogP) is 4.86. The first kappa shape index (κ1) is 27.4. The molecule has 0 bridgehead atoms. The van der Waals surface area contributed by atoms with E-state index in [0.717, 1.165) is 35.3 Å². The largest absolute Gasteiger partial charge is 0.486 e. The monoisotopic (exact) mass is 565 g/mol. The molecule has 1 N–H and O–H groups in total. The summed E-state index contributed by atoms with van der Waals surface area (Å²) < 4.78 is 35.3. The van der Waals surface area contributed by atoms with Crippen LogP contribution in [0.5, 0.6) is 5.75 Å². The van der Waals surface area contributed by atoms with Crippen molar-refractivity contribution < 1.29 is 18.1 Å². The van der Waals surface area contributed by atoms with Crippen molar-refractivity contribution in [2.45, 2.75) is 43.9 Å². The summed E-state index contributed by atoms with van der Waals surface area (Å²) in [6.45, 7) is 2.16. The Kier molecular flexibility index (Phi) is 7.37. The van der Waals surface area contributed by atoms with Gasteiger partial charge in [0.2, 0.25) is 5.75 Å². The molecule has 1 aliphatic rings. The topological polar surface area (TPSA) is 138 Å². The van der Waals surface area contributed by atoms with Crippen molar-refractivity contribution in [1.82, 2.24) is 13.8 Å². The lowest BCUT2D eigenvalue weighted by Crippen LogP contribution is -2.23. The van der Waals surface area contributed by atoms with Gasteiger partial charge in [-0.05, 0) is 49.9 Å². The van der Waals surface area contributed by atoms with Crippen LogP contribution in [0.25, 0.3) is 22.0 Å². The molecule has 0 radical (unpaired) electrons. The van der Waals surface area contributed by atoms with E-state index in [1.165, 1.54) is 42.6 Å². The summed E-state index contributed by atoms with van der Waals surface area (Å²) >= 11 is 0. The zero-order valence-corrected chi connectivity index (χ0v) is 23.4. The van der Waals surface area contributed by atoms with Crippen molar-refractivity contribution in [3.63, 3.8) is 0 Å². The third-order valence-electron chi connectivity index (χ3n) is 7.48. The van der Waals surface area contributed by atoms with Gasteiger partial charge < -0.3 is 14.6 Å². The lowest BCUT2D eigenvalue weighted by atomic mass is 9.90. The molecule has 0 aliphatic heterocycles. The van der Waals surface area contributed by atoms with E-state index < -0.39 is 20.5 Å². The summed E-state index contributed by atoms with van der Waals surface area (Å²) in [6, 6.07) is 9.51. The molecule has 1 saturated carbocycles. The summed E-state index contributed by atoms with van der Waals surface area (Å²) in [5.41, 5.74) is 0.983. The number of nitrogens with zero attached hydrogens (tertiary/aromatic N) is 4. The molecule has 2 aromatic heterocycles. The number of aryl methyl sites for hydroxylation is 2. The van der Waals surface area contributed by atoms with Crippen molar-refractivity contribution >= 4 is 32.3 Å². The van der Waals surface area contributed by atoms with E-state index in [4.69, 9.17) is 4.74 Å². The Labute approximate surface area is 231 Å². The fourth-order valence-electron chi connectivity index (χ4n) is 5.29. The molecular formula is C28H31N5O6S. The normalized spacial score (nSPS) is 14.4. The van der Waals surface area contributed by atoms with Gasteiger partial charge in [0.05, 0.1) is 22.6 Å². The maximum absolute atomic E-state index is 13.5. The third kappa shape index (κ3) is 4.83. The van der Waals surface area contributed by atoms with Crippen LogP contribution in [0.15, 0.2) is 58.5 Å². The molecule has 1 aliphatic carbocycles. The molecule has 2 aromatic carbocycles. The zero-order valence-electron chi connectivity index (χ0n) is 22.6. The van der Waals surface area contributed by atoms with Crippen LogP contribution >= 0.6 is 0 Å². The highest BCUT2D eigenvalue weighted by molar-refractivity contribution is 7.90. The summed E-state index contributed by atoms with van der Waals surface area (Å²) in [4.78, 5) is 25.1. The summed E-state index contributed by atoms with van der Waals surface area (Å²) in [5, 5.41) is 19.5. The fourth-order valence-corrected chi connectivity index (χ4v) is 6.56. The minimum Gasteiger partial charge on any atom is -0.486 e. The van der Waals surface area contributed by atoms with Gasteiger partial charge in [0.15, 0.2) is 5.52 Å². The molecular weight excluding hydrogens is 534 g/mol. The Balaban J connectivity index is 1.72. The van der Waals surface area contributed by atoms with Crippen molar-refractivity contribution in [3.05, 3.63) is 74.8 Å². The van der Waals surface area contributed by atoms with Gasteiger partial charge in [-0.15, -0.1) is 4.09 Å². The van der Waals surface area contributed by atoms with Crippen molar-refractivity contribution in [2.75, 3.05) is 19.0 Å². The smallest absolute Gasteiger partial charge is 0.334 e. The van der Waals surface area contributed by atoms with Gasteiger partial charge in [-0.1, -0.05) is 37.0 Å². The van der Waals surface area contributed by atoms with Crippen LogP contribution in [-0.2, 0) is 17.1 Å². The summed E-state index contributed by atoms with van der Waals surface area (Å²) in [6.07, 6.45) is 8.17. The highest BCUT2D eigenvalue weighted by atomic mass is 32.2. The van der Waals surface area contributed by atoms with Crippen LogP contribution in [0.1, 0.15) is 37.7 Å². The first-order valence-electron chi connectivity index (χ1n) is 13.2. The molecule has 0 saturated heterocycles. The lowest BCUT2D eigenvalue weighted by molar-refractivity contribution is -0.384. The molecule has 0 amide bonds. The zero-order chi connectivity index (χ0) is 28.6. The quantitative estimate of drug-likeness (QED) is 0.236. The Hall–Kier alpha value is -4.19. The number of rotatable bonds is 8. The maximum Gasteiger partial charge on any atom is 0.334 e. The summed E-state index contributed by atoms with van der Waals surface area (Å²) in [7, 11) is -1.11. The second kappa shape index (κ2) is 10.8. The minimum absolute atomic E-state index is 0.0129. The van der Waals surface area contributed by atoms with Crippen molar-refractivity contribution in [1.29, 1.82) is 0 Å². The van der Waals surface area contributed by atoms with E-state index >= 15 is 0 Å². The van der Waals surface area contributed by atoms with E-state index in [2.05, 4.69) is 10.4 Å². The molecule has 5 rings (SSSR count). The number of nitro groups is 1. The van der Waals surface area contributed by atoms with Crippen LogP contribution in [0.3, 0.4) is 0 Å². The number of hydrogen-bond donors (Lipinski definition) is 1. The van der Waals surface area contributed by atoms with Crippen LogP contribution in [0, 0.1) is 23.0 Å². The Morgan fingerprint density at radius 1 is 1.10 bits per heavy atom. The standard InChI is InChI=1S/C28H31N5O6S/c1-18-9-11-20(12-10-18)40(37,38)32-25-22(15-30-32)23(16-31(3)28(25)34)21-13-14-24(29-2)26(33(35)36)27(21)39-17-19-7-5-4-6-8-19/h9-16,19,29H,4-8,17H2,1-3H3. The molecule has 40 heavy (non-hydrogen) atoms. The van der Waals surface area contributed by atoms with E-state index in [0.29, 0.717) is 17.7 Å². The van der Waals surface area contributed by atoms with E-state index in [-0.39, 0.29) is 38.8 Å². The number of fused-ring (bicyclic) bond motifs is 1. The van der Waals surface area contributed by atoms with Crippen LogP contribution < -0.4 is 15.6 Å². The van der Waals surface area contributed by atoms with Crippen molar-refractivity contribution in [3.8, 4) is 16.9 Å². The van der Waals surface area contributed by atoms with Gasteiger partial charge in [-0.3, -0.25) is 14.9 Å². The number of ether oxygens (including phenoxy) is 1.